The third kappa shape index (κ3) is 6.55. The summed E-state index contributed by atoms with van der Waals surface area (Å²) < 4.78 is 32.5. The zero-order valence-corrected chi connectivity index (χ0v) is 15.0. The van der Waals surface area contributed by atoms with E-state index in [1.807, 2.05) is 0 Å². The number of benzene rings is 1. The van der Waals surface area contributed by atoms with Gasteiger partial charge in [0.1, 0.15) is 4.90 Å². The van der Waals surface area contributed by atoms with Crippen molar-refractivity contribution >= 4 is 21.7 Å². The molecule has 0 aliphatic carbocycles. The van der Waals surface area contributed by atoms with Crippen LogP contribution in [0, 0.1) is 0 Å². The molecule has 0 saturated carbocycles. The van der Waals surface area contributed by atoms with Crippen LogP contribution in [0.1, 0.15) is 27.7 Å². The molecule has 1 atom stereocenters. The first-order valence-corrected chi connectivity index (χ1v) is 8.73. The van der Waals surface area contributed by atoms with E-state index in [4.69, 9.17) is 4.74 Å². The summed E-state index contributed by atoms with van der Waals surface area (Å²) in [6, 6.07) is 5.56. The molecule has 0 bridgehead atoms. The molecule has 0 spiro atoms. The molecule has 0 heterocycles. The zero-order chi connectivity index (χ0) is 17.7. The van der Waals surface area contributed by atoms with Gasteiger partial charge in [-0.1, -0.05) is 12.1 Å². The minimum atomic E-state index is -3.75. The van der Waals surface area contributed by atoms with Gasteiger partial charge in [-0.25, -0.2) is 17.9 Å². The van der Waals surface area contributed by atoms with E-state index in [2.05, 4.69) is 15.4 Å². The Morgan fingerprint density at radius 3 is 2.43 bits per heavy atom. The Kier molecular flexibility index (Phi) is 6.55. The summed E-state index contributed by atoms with van der Waals surface area (Å²) in [5.74, 6) is 0. The lowest BCUT2D eigenvalue weighted by Gasteiger charge is -2.22. The fourth-order valence-electron chi connectivity index (χ4n) is 1.94. The predicted octanol–water partition coefficient (Wildman–Crippen LogP) is 1.92. The number of hydrogen-bond donors (Lipinski definition) is 3. The van der Waals surface area contributed by atoms with Crippen molar-refractivity contribution in [3.8, 4) is 0 Å². The molecule has 1 rings (SSSR count). The van der Waals surface area contributed by atoms with Crippen molar-refractivity contribution in [2.75, 3.05) is 19.0 Å². The summed E-state index contributed by atoms with van der Waals surface area (Å²) in [5.41, 5.74) is -0.410. The van der Waals surface area contributed by atoms with Crippen molar-refractivity contribution in [2.24, 2.45) is 0 Å². The van der Waals surface area contributed by atoms with Crippen molar-refractivity contribution in [3.05, 3.63) is 24.3 Å². The largest absolute Gasteiger partial charge is 0.383 e. The average Bonchev–Trinajstić information content (AvgIpc) is 2.36. The Morgan fingerprint density at radius 2 is 1.87 bits per heavy atom. The van der Waals surface area contributed by atoms with E-state index in [9.17, 15) is 13.2 Å². The molecule has 23 heavy (non-hydrogen) atoms. The first kappa shape index (κ1) is 19.4. The van der Waals surface area contributed by atoms with Crippen LogP contribution in [0.5, 0.6) is 0 Å². The fraction of sp³-hybridized carbons (Fsp3) is 0.533. The van der Waals surface area contributed by atoms with E-state index in [1.54, 1.807) is 39.8 Å². The SMILES string of the molecule is COCC(C)NC(=O)Nc1ccccc1S(=O)(=O)NC(C)(C)C. The lowest BCUT2D eigenvalue weighted by molar-refractivity contribution is 0.173. The van der Waals surface area contributed by atoms with Gasteiger partial charge in [-0.15, -0.1) is 0 Å². The quantitative estimate of drug-likeness (QED) is 0.735. The second-order valence-electron chi connectivity index (χ2n) is 6.31. The Hall–Kier alpha value is -1.64. The number of anilines is 1. The normalized spacial score (nSPS) is 13.4. The second-order valence-corrected chi connectivity index (χ2v) is 7.96. The lowest BCUT2D eigenvalue weighted by atomic mass is 10.1. The van der Waals surface area contributed by atoms with Crippen molar-refractivity contribution in [1.82, 2.24) is 10.0 Å². The van der Waals surface area contributed by atoms with Gasteiger partial charge in [-0.2, -0.15) is 0 Å². The van der Waals surface area contributed by atoms with Crippen LogP contribution < -0.4 is 15.4 Å². The summed E-state index contributed by atoms with van der Waals surface area (Å²) in [5, 5.41) is 5.23. The number of rotatable bonds is 6. The van der Waals surface area contributed by atoms with Gasteiger partial charge in [0.15, 0.2) is 0 Å². The molecule has 0 saturated heterocycles. The molecule has 1 aromatic carbocycles. The zero-order valence-electron chi connectivity index (χ0n) is 14.1. The minimum absolute atomic E-state index is 0.0180. The Balaban J connectivity index is 2.96. The third-order valence-corrected chi connectivity index (χ3v) is 4.48. The number of hydrogen-bond acceptors (Lipinski definition) is 4. The minimum Gasteiger partial charge on any atom is -0.383 e. The van der Waals surface area contributed by atoms with Gasteiger partial charge in [-0.3, -0.25) is 0 Å². The van der Waals surface area contributed by atoms with E-state index in [0.29, 0.717) is 6.61 Å². The Morgan fingerprint density at radius 1 is 1.26 bits per heavy atom. The molecule has 0 aromatic heterocycles. The van der Waals surface area contributed by atoms with E-state index < -0.39 is 21.6 Å². The van der Waals surface area contributed by atoms with E-state index in [1.165, 1.54) is 19.2 Å². The van der Waals surface area contributed by atoms with Crippen molar-refractivity contribution in [2.45, 2.75) is 44.2 Å². The first-order valence-electron chi connectivity index (χ1n) is 7.24. The standard InChI is InChI=1S/C15H25N3O4S/c1-11(10-22-5)16-14(19)17-12-8-6-7-9-13(12)23(20,21)18-15(2,3)4/h6-9,11,18H,10H2,1-5H3,(H2,16,17,19). The van der Waals surface area contributed by atoms with Crippen LogP contribution in [0.4, 0.5) is 10.5 Å². The topological polar surface area (TPSA) is 96.5 Å². The van der Waals surface area contributed by atoms with Crippen LogP contribution in [0.15, 0.2) is 29.2 Å². The van der Waals surface area contributed by atoms with E-state index in [-0.39, 0.29) is 16.6 Å². The number of urea groups is 1. The smallest absolute Gasteiger partial charge is 0.319 e. The molecule has 7 nitrogen and oxygen atoms in total. The van der Waals surface area contributed by atoms with Gasteiger partial charge < -0.3 is 15.4 Å². The summed E-state index contributed by atoms with van der Waals surface area (Å²) in [6.07, 6.45) is 0. The van der Waals surface area contributed by atoms with Crippen LogP contribution >= 0.6 is 0 Å². The summed E-state index contributed by atoms with van der Waals surface area (Å²) in [7, 11) is -2.21. The molecule has 1 aromatic rings. The van der Waals surface area contributed by atoms with Crippen molar-refractivity contribution < 1.29 is 17.9 Å². The van der Waals surface area contributed by atoms with Gasteiger partial charge in [0, 0.05) is 12.6 Å². The number of methoxy groups -OCH3 is 1. The molecule has 0 aliphatic heterocycles. The predicted molar refractivity (Wildman–Crippen MR) is 90.0 cm³/mol. The van der Waals surface area contributed by atoms with Gasteiger partial charge in [0.05, 0.1) is 18.3 Å². The first-order chi connectivity index (χ1) is 10.5. The molecular formula is C15H25N3O4S. The number of carbonyl (C=O) groups excluding carboxylic acids is 1. The van der Waals surface area contributed by atoms with Crippen LogP contribution in [-0.2, 0) is 14.8 Å². The van der Waals surface area contributed by atoms with Gasteiger partial charge in [-0.05, 0) is 39.8 Å². The number of ether oxygens (including phenoxy) is 1. The maximum atomic E-state index is 12.5. The molecule has 0 aliphatic rings. The molecule has 130 valence electrons. The average molecular weight is 343 g/mol. The van der Waals surface area contributed by atoms with Crippen molar-refractivity contribution in [1.29, 1.82) is 0 Å². The summed E-state index contributed by atoms with van der Waals surface area (Å²) in [4.78, 5) is 12.0. The molecular weight excluding hydrogens is 318 g/mol. The van der Waals surface area contributed by atoms with Gasteiger partial charge in [0.2, 0.25) is 10.0 Å². The fourth-order valence-corrected chi connectivity index (χ4v) is 3.52. The van der Waals surface area contributed by atoms with Crippen LogP contribution in [0.3, 0.4) is 0 Å². The van der Waals surface area contributed by atoms with Gasteiger partial charge in [0.25, 0.3) is 0 Å². The molecule has 3 N–H and O–H groups in total. The second kappa shape index (κ2) is 7.76. The Labute approximate surface area is 137 Å². The van der Waals surface area contributed by atoms with Crippen LogP contribution in [0.2, 0.25) is 0 Å². The molecule has 0 fully saturated rings. The summed E-state index contributed by atoms with van der Waals surface area (Å²) >= 11 is 0. The van der Waals surface area contributed by atoms with Gasteiger partial charge >= 0.3 is 6.03 Å². The number of para-hydroxylation sites is 1. The maximum absolute atomic E-state index is 12.5. The number of nitrogens with one attached hydrogen (secondary N) is 3. The molecule has 1 unspecified atom stereocenters. The molecule has 8 heteroatoms. The highest BCUT2D eigenvalue weighted by atomic mass is 32.2. The number of carbonyl (C=O) groups is 1. The Bertz CT molecular complexity index is 638. The van der Waals surface area contributed by atoms with Crippen LogP contribution in [-0.4, -0.2) is 39.7 Å². The molecule has 0 radical (unpaired) electrons. The summed E-state index contributed by atoms with van der Waals surface area (Å²) in [6.45, 7) is 7.39. The monoisotopic (exact) mass is 343 g/mol. The molecule has 2 amide bonds. The van der Waals surface area contributed by atoms with Crippen LogP contribution in [0.25, 0.3) is 0 Å². The third-order valence-electron chi connectivity index (χ3n) is 2.66. The van der Waals surface area contributed by atoms with Crippen molar-refractivity contribution in [3.63, 3.8) is 0 Å². The number of amides is 2. The highest BCUT2D eigenvalue weighted by molar-refractivity contribution is 7.89. The lowest BCUT2D eigenvalue weighted by Crippen LogP contribution is -2.41. The highest BCUT2D eigenvalue weighted by Gasteiger charge is 2.25. The maximum Gasteiger partial charge on any atom is 0.319 e. The highest BCUT2D eigenvalue weighted by Crippen LogP contribution is 2.22. The van der Waals surface area contributed by atoms with E-state index in [0.717, 1.165) is 0 Å². The van der Waals surface area contributed by atoms with E-state index >= 15 is 0 Å². The number of sulfonamides is 1.